The van der Waals surface area contributed by atoms with E-state index in [1.54, 1.807) is 43.3 Å². The summed E-state index contributed by atoms with van der Waals surface area (Å²) >= 11 is 0. The lowest BCUT2D eigenvalue weighted by atomic mass is 9.88. The molecule has 8 nitrogen and oxygen atoms in total. The summed E-state index contributed by atoms with van der Waals surface area (Å²) in [5, 5.41) is 13.3. The second-order valence-electron chi connectivity index (χ2n) is 10.7. The van der Waals surface area contributed by atoms with E-state index in [0.717, 1.165) is 38.0 Å². The van der Waals surface area contributed by atoms with Gasteiger partial charge < -0.3 is 20.2 Å². The molecule has 1 atom stereocenters. The summed E-state index contributed by atoms with van der Waals surface area (Å²) in [6.45, 7) is 11.5. The first-order valence-corrected chi connectivity index (χ1v) is 12.6. The number of piperidine rings is 1. The van der Waals surface area contributed by atoms with Crippen LogP contribution in [0.2, 0.25) is 0 Å². The molecule has 4 rings (SSSR count). The minimum absolute atomic E-state index is 0.115. The Labute approximate surface area is 212 Å². The van der Waals surface area contributed by atoms with Crippen molar-refractivity contribution in [1.29, 1.82) is 0 Å². The van der Waals surface area contributed by atoms with Crippen molar-refractivity contribution in [3.05, 3.63) is 59.8 Å². The van der Waals surface area contributed by atoms with Gasteiger partial charge in [-0.2, -0.15) is 4.73 Å². The molecule has 0 spiro atoms. The van der Waals surface area contributed by atoms with Crippen molar-refractivity contribution in [2.45, 2.75) is 59.0 Å². The molecule has 3 aromatic rings. The summed E-state index contributed by atoms with van der Waals surface area (Å²) < 4.78 is 1.40. The molecular weight excluding hydrogens is 456 g/mol. The van der Waals surface area contributed by atoms with Gasteiger partial charge in [0.15, 0.2) is 6.10 Å². The van der Waals surface area contributed by atoms with Gasteiger partial charge in [-0.1, -0.05) is 58.0 Å². The summed E-state index contributed by atoms with van der Waals surface area (Å²) in [4.78, 5) is 37.6. The van der Waals surface area contributed by atoms with Crippen molar-refractivity contribution in [2.75, 3.05) is 25.0 Å². The number of aromatic nitrogens is 2. The fourth-order valence-corrected chi connectivity index (χ4v) is 4.77. The van der Waals surface area contributed by atoms with Crippen molar-refractivity contribution in [1.82, 2.24) is 14.6 Å². The molecular formula is C28H36N4O4. The highest BCUT2D eigenvalue weighted by Crippen LogP contribution is 2.35. The molecule has 1 fully saturated rings. The van der Waals surface area contributed by atoms with Gasteiger partial charge in [-0.25, -0.2) is 9.78 Å². The highest BCUT2D eigenvalue weighted by Gasteiger charge is 2.28. The molecule has 8 heteroatoms. The Bertz CT molecular complexity index is 1210. The Balaban J connectivity index is 1.62. The predicted octanol–water partition coefficient (Wildman–Crippen LogP) is 4.30. The highest BCUT2D eigenvalue weighted by molar-refractivity contribution is 5.91. The van der Waals surface area contributed by atoms with E-state index in [1.165, 1.54) is 4.73 Å². The molecule has 192 valence electrons. The number of nitrogens with zero attached hydrogens (tertiary/aromatic N) is 3. The van der Waals surface area contributed by atoms with E-state index in [1.807, 2.05) is 12.3 Å². The average molecular weight is 493 g/mol. The first kappa shape index (κ1) is 25.9. The van der Waals surface area contributed by atoms with Crippen molar-refractivity contribution < 1.29 is 19.5 Å². The van der Waals surface area contributed by atoms with Gasteiger partial charge in [-0.3, -0.25) is 4.79 Å². The van der Waals surface area contributed by atoms with Gasteiger partial charge in [-0.15, -0.1) is 0 Å². The number of rotatable bonds is 7. The van der Waals surface area contributed by atoms with Crippen LogP contribution in [0.25, 0.3) is 11.0 Å². The molecule has 36 heavy (non-hydrogen) atoms. The van der Waals surface area contributed by atoms with Crippen LogP contribution in [0, 0.1) is 5.41 Å². The first-order valence-electron chi connectivity index (χ1n) is 12.6. The molecule has 2 N–H and O–H groups in total. The van der Waals surface area contributed by atoms with Crippen LogP contribution < -0.4 is 10.2 Å². The second-order valence-corrected chi connectivity index (χ2v) is 10.7. The molecule has 1 amide bonds. The number of aliphatic hydroxyl groups excluding tert-OH is 1. The number of carbonyl (C=O) groups is 2. The summed E-state index contributed by atoms with van der Waals surface area (Å²) in [5.74, 6) is -0.176. The number of fused-ring (bicyclic) bond motifs is 1. The number of likely N-dealkylation sites (tertiary alicyclic amines) is 1. The van der Waals surface area contributed by atoms with Gasteiger partial charge in [0, 0.05) is 18.5 Å². The van der Waals surface area contributed by atoms with Gasteiger partial charge in [0.2, 0.25) is 5.91 Å². The third-order valence-electron chi connectivity index (χ3n) is 6.48. The fraction of sp³-hybridized carbons (Fsp3) is 0.464. The van der Waals surface area contributed by atoms with Crippen LogP contribution in [0.1, 0.15) is 70.1 Å². The van der Waals surface area contributed by atoms with Crippen molar-refractivity contribution in [3.63, 3.8) is 0 Å². The fourth-order valence-electron chi connectivity index (χ4n) is 4.77. The Morgan fingerprint density at radius 1 is 1.14 bits per heavy atom. The number of pyridine rings is 1. The zero-order chi connectivity index (χ0) is 25.9. The third kappa shape index (κ3) is 6.12. The van der Waals surface area contributed by atoms with E-state index in [4.69, 9.17) is 9.82 Å². The first-order chi connectivity index (χ1) is 17.1. The SMILES string of the molecule is CCC(=O)Nc1ccc2c(n1)c(C1CCN(CC(C)(C)C)CC1)cn2OC(=O)[C@H](O)c1ccccc1. The van der Waals surface area contributed by atoms with Crippen LogP contribution in [0.3, 0.4) is 0 Å². The van der Waals surface area contributed by atoms with Crippen molar-refractivity contribution in [2.24, 2.45) is 5.41 Å². The zero-order valence-electron chi connectivity index (χ0n) is 21.5. The molecule has 1 aliphatic heterocycles. The molecule has 3 heterocycles. The zero-order valence-corrected chi connectivity index (χ0v) is 21.5. The van der Waals surface area contributed by atoms with Gasteiger partial charge in [0.05, 0.1) is 11.7 Å². The van der Waals surface area contributed by atoms with Crippen LogP contribution >= 0.6 is 0 Å². The average Bonchev–Trinajstić information content (AvgIpc) is 3.20. The van der Waals surface area contributed by atoms with Gasteiger partial charge in [0.25, 0.3) is 0 Å². The van der Waals surface area contributed by atoms with Crippen LogP contribution in [-0.4, -0.2) is 51.2 Å². The molecule has 1 aliphatic rings. The van der Waals surface area contributed by atoms with E-state index in [0.29, 0.717) is 28.8 Å². The Hall–Kier alpha value is -3.23. The van der Waals surface area contributed by atoms with E-state index in [9.17, 15) is 14.7 Å². The number of aliphatic hydroxyl groups is 1. The monoisotopic (exact) mass is 492 g/mol. The maximum absolute atomic E-state index is 12.8. The molecule has 0 saturated carbocycles. The minimum atomic E-state index is -1.40. The van der Waals surface area contributed by atoms with Gasteiger partial charge in [0.1, 0.15) is 11.3 Å². The molecule has 0 radical (unpaired) electrons. The largest absolute Gasteiger partial charge is 0.377 e. The lowest BCUT2D eigenvalue weighted by Crippen LogP contribution is -2.38. The quantitative estimate of drug-likeness (QED) is 0.511. The Morgan fingerprint density at radius 3 is 2.47 bits per heavy atom. The highest BCUT2D eigenvalue weighted by atomic mass is 16.7. The summed E-state index contributed by atoms with van der Waals surface area (Å²) in [6, 6.07) is 12.2. The standard InChI is InChI=1S/C28H36N4O4/c1-5-24(33)29-23-12-11-22-25(30-23)21(19-13-15-31(16-14-19)18-28(2,3)4)17-32(22)36-27(35)26(34)20-9-7-6-8-10-20/h6-12,17,19,26,34H,5,13-16,18H2,1-4H3,(H,29,30,33)/t26-/m1/s1. The topological polar surface area (TPSA) is 96.7 Å². The third-order valence-corrected chi connectivity index (χ3v) is 6.48. The number of amides is 1. The van der Waals surface area contributed by atoms with Crippen LogP contribution in [-0.2, 0) is 9.59 Å². The molecule has 1 aromatic carbocycles. The smallest absolute Gasteiger partial charge is 0.365 e. The summed E-state index contributed by atoms with van der Waals surface area (Å²) in [5.41, 5.74) is 3.00. The Morgan fingerprint density at radius 2 is 1.83 bits per heavy atom. The number of benzene rings is 1. The predicted molar refractivity (Wildman–Crippen MR) is 140 cm³/mol. The van der Waals surface area contributed by atoms with Crippen molar-refractivity contribution in [3.8, 4) is 0 Å². The lowest BCUT2D eigenvalue weighted by Gasteiger charge is -2.35. The number of hydrogen-bond acceptors (Lipinski definition) is 6. The number of anilines is 1. The minimum Gasteiger partial charge on any atom is -0.377 e. The number of carbonyl (C=O) groups excluding carboxylic acids is 2. The summed E-state index contributed by atoms with van der Waals surface area (Å²) in [7, 11) is 0. The summed E-state index contributed by atoms with van der Waals surface area (Å²) in [6.07, 6.45) is 2.69. The maximum atomic E-state index is 12.8. The van der Waals surface area contributed by atoms with E-state index in [-0.39, 0.29) is 17.2 Å². The van der Waals surface area contributed by atoms with Gasteiger partial charge in [-0.05, 0) is 55.0 Å². The van der Waals surface area contributed by atoms with Crippen LogP contribution in [0.15, 0.2) is 48.7 Å². The van der Waals surface area contributed by atoms with E-state index >= 15 is 0 Å². The molecule has 0 aliphatic carbocycles. The molecule has 0 unspecified atom stereocenters. The lowest BCUT2D eigenvalue weighted by molar-refractivity contribution is -0.153. The van der Waals surface area contributed by atoms with E-state index < -0.39 is 12.1 Å². The normalized spacial score (nSPS) is 16.1. The van der Waals surface area contributed by atoms with Crippen LogP contribution in [0.5, 0.6) is 0 Å². The van der Waals surface area contributed by atoms with E-state index in [2.05, 4.69) is 31.0 Å². The van der Waals surface area contributed by atoms with Crippen molar-refractivity contribution >= 4 is 28.7 Å². The molecule has 2 aromatic heterocycles. The molecule has 1 saturated heterocycles. The maximum Gasteiger partial charge on any atom is 0.365 e. The van der Waals surface area contributed by atoms with Crippen LogP contribution in [0.4, 0.5) is 5.82 Å². The Kier molecular flexibility index (Phi) is 7.76. The number of hydrogen-bond donors (Lipinski definition) is 2. The second kappa shape index (κ2) is 10.8. The van der Waals surface area contributed by atoms with Gasteiger partial charge >= 0.3 is 5.97 Å². The molecule has 0 bridgehead atoms. The number of nitrogens with one attached hydrogen (secondary N) is 1.